The molecule has 0 radical (unpaired) electrons. The van der Waals surface area contributed by atoms with Gasteiger partial charge in [-0.1, -0.05) is 0 Å². The fourth-order valence-corrected chi connectivity index (χ4v) is 4.40. The van der Waals surface area contributed by atoms with Crippen LogP contribution in [0.25, 0.3) is 55.4 Å². The third-order valence-electron chi connectivity index (χ3n) is 5.18. The second-order valence-electron chi connectivity index (χ2n) is 7.10. The predicted octanol–water partition coefficient (Wildman–Crippen LogP) is 5.13. The number of H-pyrrole nitrogens is 2. The normalized spacial score (nSPS) is 11.5. The van der Waals surface area contributed by atoms with Gasteiger partial charge in [0.15, 0.2) is 22.3 Å². The highest BCUT2D eigenvalue weighted by atomic mass is 32.1. The van der Waals surface area contributed by atoms with E-state index in [4.69, 9.17) is 4.98 Å². The monoisotopic (exact) mass is 427 g/mol. The van der Waals surface area contributed by atoms with Crippen LogP contribution in [0, 0.1) is 12.1 Å². The van der Waals surface area contributed by atoms with E-state index in [1.54, 1.807) is 24.7 Å². The third-order valence-corrected chi connectivity index (χ3v) is 6.08. The molecule has 0 aliphatic heterocycles. The van der Waals surface area contributed by atoms with E-state index in [1.165, 1.54) is 6.07 Å². The molecule has 0 aliphatic carbocycles. The number of aromatic amines is 2. The van der Waals surface area contributed by atoms with Crippen molar-refractivity contribution in [2.24, 2.45) is 0 Å². The van der Waals surface area contributed by atoms with E-state index in [-0.39, 0.29) is 5.13 Å². The van der Waals surface area contributed by atoms with E-state index in [2.05, 4.69) is 30.1 Å². The first-order valence-electron chi connectivity index (χ1n) is 9.54. The molecule has 6 rings (SSSR count). The lowest BCUT2D eigenvalue weighted by atomic mass is 10.1. The Morgan fingerprint density at radius 3 is 2.74 bits per heavy atom. The zero-order valence-electron chi connectivity index (χ0n) is 16.2. The highest BCUT2D eigenvalue weighted by Crippen LogP contribution is 2.34. The maximum Gasteiger partial charge on any atom is 0.178 e. The molecule has 0 aromatic carbocycles. The number of pyridine rings is 3. The van der Waals surface area contributed by atoms with Crippen LogP contribution in [0.5, 0.6) is 0 Å². The maximum atomic E-state index is 13.6. The Morgan fingerprint density at radius 1 is 0.968 bits per heavy atom. The molecule has 31 heavy (non-hydrogen) atoms. The molecule has 0 amide bonds. The Labute approximate surface area is 179 Å². The molecule has 9 heteroatoms. The lowest BCUT2D eigenvalue weighted by molar-refractivity contribution is 0.657. The Balaban J connectivity index is 1.52. The van der Waals surface area contributed by atoms with Crippen molar-refractivity contribution in [3.05, 3.63) is 65.7 Å². The number of nitrogens with zero attached hydrogens (tertiary/aromatic N) is 5. The fourth-order valence-electron chi connectivity index (χ4n) is 3.63. The number of rotatable bonds is 3. The Bertz CT molecular complexity index is 1580. The van der Waals surface area contributed by atoms with Crippen molar-refractivity contribution in [2.75, 3.05) is 0 Å². The van der Waals surface area contributed by atoms with Crippen molar-refractivity contribution in [2.45, 2.75) is 6.92 Å². The summed E-state index contributed by atoms with van der Waals surface area (Å²) in [4.78, 5) is 22.2. The zero-order valence-corrected chi connectivity index (χ0v) is 17.0. The van der Waals surface area contributed by atoms with Crippen LogP contribution in [0.4, 0.5) is 4.39 Å². The van der Waals surface area contributed by atoms with Gasteiger partial charge in [0.05, 0.1) is 16.7 Å². The van der Waals surface area contributed by atoms with Crippen molar-refractivity contribution in [3.63, 3.8) is 0 Å². The molecule has 2 N–H and O–H groups in total. The largest absolute Gasteiger partial charge is 0.335 e. The average Bonchev–Trinajstić information content (AvgIpc) is 3.50. The first-order chi connectivity index (χ1) is 15.2. The molecular formula is C22H14FN7S. The van der Waals surface area contributed by atoms with Gasteiger partial charge in [0, 0.05) is 34.6 Å². The summed E-state index contributed by atoms with van der Waals surface area (Å²) in [7, 11) is 0. The first-order valence-corrected chi connectivity index (χ1v) is 10.4. The van der Waals surface area contributed by atoms with Gasteiger partial charge in [-0.05, 0) is 48.9 Å². The van der Waals surface area contributed by atoms with Crippen LogP contribution < -0.4 is 0 Å². The fraction of sp³-hybridized carbons (Fsp3) is 0.0455. The van der Waals surface area contributed by atoms with E-state index in [9.17, 15) is 4.39 Å². The molecule has 0 fully saturated rings. The highest BCUT2D eigenvalue weighted by Gasteiger charge is 2.18. The number of hydrogen-bond donors (Lipinski definition) is 2. The standard InChI is InChI=1S/C22H14FN7S/c1-11-6-8-24-10-13(11)14-2-3-15-19(26-14)20(30-29-15)22-27-18-12(7-9-25-21(18)28-22)16-4-5-17(23)31-16/h2-10H,1H3,(H,29,30)(H,25,27,28). The molecule has 6 heterocycles. The van der Waals surface area contributed by atoms with Crippen LogP contribution in [0.15, 0.2) is 55.0 Å². The summed E-state index contributed by atoms with van der Waals surface area (Å²) in [6.07, 6.45) is 5.24. The molecule has 6 aromatic rings. The van der Waals surface area contributed by atoms with Crippen LogP contribution in [-0.2, 0) is 0 Å². The number of halogens is 1. The van der Waals surface area contributed by atoms with Gasteiger partial charge >= 0.3 is 0 Å². The molecule has 0 atom stereocenters. The lowest BCUT2D eigenvalue weighted by Crippen LogP contribution is -1.90. The third kappa shape index (κ3) is 2.89. The number of fused-ring (bicyclic) bond motifs is 2. The van der Waals surface area contributed by atoms with Gasteiger partial charge in [-0.3, -0.25) is 10.1 Å². The smallest absolute Gasteiger partial charge is 0.178 e. The van der Waals surface area contributed by atoms with Crippen LogP contribution in [0.2, 0.25) is 0 Å². The molecule has 150 valence electrons. The maximum absolute atomic E-state index is 13.6. The molecule has 7 nitrogen and oxygen atoms in total. The predicted molar refractivity (Wildman–Crippen MR) is 118 cm³/mol. The van der Waals surface area contributed by atoms with Crippen molar-refractivity contribution >= 4 is 33.5 Å². The molecule has 0 unspecified atom stereocenters. The van der Waals surface area contributed by atoms with E-state index in [0.29, 0.717) is 22.7 Å². The number of hydrogen-bond acceptors (Lipinski definition) is 6. The minimum atomic E-state index is -0.236. The van der Waals surface area contributed by atoms with Gasteiger partial charge in [-0.2, -0.15) is 9.49 Å². The van der Waals surface area contributed by atoms with Gasteiger partial charge in [0.25, 0.3) is 0 Å². The number of imidazole rings is 1. The lowest BCUT2D eigenvalue weighted by Gasteiger charge is -2.04. The molecule has 6 aromatic heterocycles. The summed E-state index contributed by atoms with van der Waals surface area (Å²) in [6, 6.07) is 10.9. The number of aryl methyl sites for hydroxylation is 1. The van der Waals surface area contributed by atoms with E-state index in [1.807, 2.05) is 31.2 Å². The summed E-state index contributed by atoms with van der Waals surface area (Å²) in [5, 5.41) is 7.22. The first kappa shape index (κ1) is 17.8. The van der Waals surface area contributed by atoms with Gasteiger partial charge in [-0.25, -0.2) is 15.0 Å². The van der Waals surface area contributed by atoms with Gasteiger partial charge in [-0.15, -0.1) is 11.3 Å². The molecule has 0 spiro atoms. The molecule has 0 aliphatic rings. The van der Waals surface area contributed by atoms with Crippen LogP contribution in [-0.4, -0.2) is 35.1 Å². The van der Waals surface area contributed by atoms with Crippen molar-refractivity contribution in [1.82, 2.24) is 35.1 Å². The number of nitrogens with one attached hydrogen (secondary N) is 2. The minimum absolute atomic E-state index is 0.236. The van der Waals surface area contributed by atoms with Crippen molar-refractivity contribution in [3.8, 4) is 33.2 Å². The van der Waals surface area contributed by atoms with Crippen molar-refractivity contribution in [1.29, 1.82) is 0 Å². The quantitative estimate of drug-likeness (QED) is 0.408. The molecule has 0 bridgehead atoms. The Hall–Kier alpha value is -3.98. The molecule has 0 saturated carbocycles. The molecular weight excluding hydrogens is 413 g/mol. The van der Waals surface area contributed by atoms with Crippen LogP contribution in [0.3, 0.4) is 0 Å². The second-order valence-corrected chi connectivity index (χ2v) is 8.14. The Morgan fingerprint density at radius 2 is 1.90 bits per heavy atom. The SMILES string of the molecule is Cc1ccncc1-c1ccc2[nH]nc(-c3nc4nccc(-c5ccc(F)s5)c4[nH]3)c2n1. The average molecular weight is 427 g/mol. The second kappa shape index (κ2) is 6.78. The minimum Gasteiger partial charge on any atom is -0.335 e. The summed E-state index contributed by atoms with van der Waals surface area (Å²) >= 11 is 1.08. The Kier molecular flexibility index (Phi) is 3.90. The summed E-state index contributed by atoms with van der Waals surface area (Å²) in [5.74, 6) is 0.547. The van der Waals surface area contributed by atoms with Crippen molar-refractivity contribution < 1.29 is 4.39 Å². The zero-order chi connectivity index (χ0) is 20.9. The van der Waals surface area contributed by atoms with Crippen LogP contribution in [0.1, 0.15) is 5.56 Å². The highest BCUT2D eigenvalue weighted by molar-refractivity contribution is 7.14. The summed E-state index contributed by atoms with van der Waals surface area (Å²) in [5.41, 5.74) is 7.07. The van der Waals surface area contributed by atoms with Gasteiger partial charge in [0.1, 0.15) is 5.52 Å². The van der Waals surface area contributed by atoms with Crippen LogP contribution >= 0.6 is 11.3 Å². The summed E-state index contributed by atoms with van der Waals surface area (Å²) in [6.45, 7) is 2.03. The molecule has 0 saturated heterocycles. The number of thiophene rings is 1. The van der Waals surface area contributed by atoms with Gasteiger partial charge in [0.2, 0.25) is 0 Å². The summed E-state index contributed by atoms with van der Waals surface area (Å²) < 4.78 is 13.6. The van der Waals surface area contributed by atoms with E-state index >= 15 is 0 Å². The van der Waals surface area contributed by atoms with E-state index < -0.39 is 0 Å². The number of aromatic nitrogens is 7. The van der Waals surface area contributed by atoms with E-state index in [0.717, 1.165) is 49.6 Å². The van der Waals surface area contributed by atoms with Gasteiger partial charge < -0.3 is 4.98 Å². The topological polar surface area (TPSA) is 96.0 Å².